The molecular formula is C15H20N6. The molecule has 1 saturated heterocycles. The number of terminal acetylenes is 1. The predicted molar refractivity (Wildman–Crippen MR) is 82.3 cm³/mol. The van der Waals surface area contributed by atoms with Crippen LogP contribution in [0, 0.1) is 12.3 Å². The van der Waals surface area contributed by atoms with Crippen LogP contribution in [0.4, 0.5) is 5.82 Å². The number of hydrogen-bond acceptors (Lipinski definition) is 5. The van der Waals surface area contributed by atoms with Gasteiger partial charge in [-0.2, -0.15) is 14.6 Å². The summed E-state index contributed by atoms with van der Waals surface area (Å²) in [5.41, 5.74) is 1.06. The molecule has 2 aromatic heterocycles. The van der Waals surface area contributed by atoms with Gasteiger partial charge >= 0.3 is 0 Å². The topological polar surface area (TPSA) is 49.6 Å². The van der Waals surface area contributed by atoms with Crippen molar-refractivity contribution in [2.75, 3.05) is 37.6 Å². The molecule has 3 rings (SSSR count). The van der Waals surface area contributed by atoms with Crippen molar-refractivity contribution in [1.82, 2.24) is 24.5 Å². The van der Waals surface area contributed by atoms with E-state index in [9.17, 15) is 0 Å². The largest absolute Gasteiger partial charge is 0.354 e. The van der Waals surface area contributed by atoms with Crippen LogP contribution in [0.5, 0.6) is 0 Å². The highest BCUT2D eigenvalue weighted by Gasteiger charge is 2.20. The fraction of sp³-hybridized carbons (Fsp3) is 0.533. The molecule has 6 heteroatoms. The lowest BCUT2D eigenvalue weighted by Crippen LogP contribution is -2.47. The summed E-state index contributed by atoms with van der Waals surface area (Å²) >= 11 is 0. The molecule has 0 atom stereocenters. The van der Waals surface area contributed by atoms with Crippen LogP contribution in [0.3, 0.4) is 0 Å². The minimum Gasteiger partial charge on any atom is -0.354 e. The molecule has 21 heavy (non-hydrogen) atoms. The van der Waals surface area contributed by atoms with Crippen LogP contribution in [0.15, 0.2) is 12.4 Å². The number of aromatic nitrogens is 4. The molecule has 1 fully saturated rings. The second kappa shape index (κ2) is 6.10. The van der Waals surface area contributed by atoms with Gasteiger partial charge in [0.15, 0.2) is 0 Å². The van der Waals surface area contributed by atoms with E-state index >= 15 is 0 Å². The van der Waals surface area contributed by atoms with Gasteiger partial charge in [0.05, 0.1) is 0 Å². The van der Waals surface area contributed by atoms with Gasteiger partial charge in [-0.25, -0.2) is 4.98 Å². The van der Waals surface area contributed by atoms with E-state index in [0.29, 0.717) is 5.78 Å². The van der Waals surface area contributed by atoms with Gasteiger partial charge in [-0.3, -0.25) is 4.90 Å². The summed E-state index contributed by atoms with van der Waals surface area (Å²) < 4.78 is 1.83. The minimum atomic E-state index is 0.680. The lowest BCUT2D eigenvalue weighted by atomic mass is 10.2. The van der Waals surface area contributed by atoms with Gasteiger partial charge in [-0.1, -0.05) is 6.92 Å². The Morgan fingerprint density at radius 2 is 2.10 bits per heavy atom. The average molecular weight is 284 g/mol. The SMILES string of the molecule is C#CCCN1CCN(c2cc(CC)nc3ncnn23)CC1. The number of aryl methyl sites for hydroxylation is 1. The first kappa shape index (κ1) is 13.8. The summed E-state index contributed by atoms with van der Waals surface area (Å²) in [6.45, 7) is 7.11. The maximum atomic E-state index is 5.33. The third-order valence-electron chi connectivity index (χ3n) is 3.92. The first-order chi connectivity index (χ1) is 10.3. The maximum Gasteiger partial charge on any atom is 0.254 e. The summed E-state index contributed by atoms with van der Waals surface area (Å²) in [7, 11) is 0. The van der Waals surface area contributed by atoms with E-state index in [1.165, 1.54) is 0 Å². The summed E-state index contributed by atoms with van der Waals surface area (Å²) in [4.78, 5) is 13.5. The fourth-order valence-corrected chi connectivity index (χ4v) is 2.67. The van der Waals surface area contributed by atoms with E-state index in [1.807, 2.05) is 4.52 Å². The number of anilines is 1. The highest BCUT2D eigenvalue weighted by atomic mass is 15.4. The second-order valence-electron chi connectivity index (χ2n) is 5.21. The summed E-state index contributed by atoms with van der Waals surface area (Å²) in [5.74, 6) is 4.48. The monoisotopic (exact) mass is 284 g/mol. The molecule has 110 valence electrons. The predicted octanol–water partition coefficient (Wildman–Crippen LogP) is 0.832. The molecule has 0 aromatic carbocycles. The van der Waals surface area contributed by atoms with Gasteiger partial charge in [0.1, 0.15) is 12.1 Å². The van der Waals surface area contributed by atoms with Crippen molar-refractivity contribution < 1.29 is 0 Å². The van der Waals surface area contributed by atoms with Crippen LogP contribution in [-0.4, -0.2) is 57.2 Å². The third-order valence-corrected chi connectivity index (χ3v) is 3.92. The molecule has 0 unspecified atom stereocenters. The van der Waals surface area contributed by atoms with Gasteiger partial charge in [0.2, 0.25) is 0 Å². The van der Waals surface area contributed by atoms with Crippen LogP contribution < -0.4 is 4.90 Å². The molecule has 0 aliphatic carbocycles. The Labute approximate surface area is 124 Å². The molecule has 0 N–H and O–H groups in total. The number of nitrogens with zero attached hydrogens (tertiary/aromatic N) is 6. The third kappa shape index (κ3) is 2.83. The second-order valence-corrected chi connectivity index (χ2v) is 5.21. The quantitative estimate of drug-likeness (QED) is 0.779. The molecule has 1 aliphatic rings. The number of fused-ring (bicyclic) bond motifs is 1. The first-order valence-corrected chi connectivity index (χ1v) is 7.42. The van der Waals surface area contributed by atoms with Crippen molar-refractivity contribution in [2.24, 2.45) is 0 Å². The van der Waals surface area contributed by atoms with Crippen molar-refractivity contribution >= 4 is 11.6 Å². The normalized spacial score (nSPS) is 16.3. The molecule has 0 amide bonds. The van der Waals surface area contributed by atoms with Crippen LogP contribution in [0.25, 0.3) is 5.78 Å². The Kier molecular flexibility index (Phi) is 4.02. The van der Waals surface area contributed by atoms with Gasteiger partial charge in [-0.05, 0) is 6.42 Å². The zero-order valence-corrected chi connectivity index (χ0v) is 12.4. The summed E-state index contributed by atoms with van der Waals surface area (Å²) in [6, 6.07) is 2.12. The number of rotatable bonds is 4. The highest BCUT2D eigenvalue weighted by Crippen LogP contribution is 2.18. The Balaban J connectivity index is 1.79. The highest BCUT2D eigenvalue weighted by molar-refractivity contribution is 5.47. The zero-order valence-electron chi connectivity index (χ0n) is 12.4. The Morgan fingerprint density at radius 1 is 1.29 bits per heavy atom. The Bertz CT molecular complexity index is 648. The van der Waals surface area contributed by atoms with Crippen molar-refractivity contribution in [3.05, 3.63) is 18.1 Å². The molecule has 0 radical (unpaired) electrons. The molecule has 0 saturated carbocycles. The first-order valence-electron chi connectivity index (χ1n) is 7.42. The number of hydrogen-bond donors (Lipinski definition) is 0. The molecule has 3 heterocycles. The van der Waals surface area contributed by atoms with Crippen LogP contribution in [-0.2, 0) is 6.42 Å². The van der Waals surface area contributed by atoms with Crippen molar-refractivity contribution in [3.63, 3.8) is 0 Å². The van der Waals surface area contributed by atoms with E-state index in [1.54, 1.807) is 6.33 Å². The molecule has 1 aliphatic heterocycles. The molecular weight excluding hydrogens is 264 g/mol. The standard InChI is InChI=1S/C15H20N6/c1-3-5-6-19-7-9-20(10-8-19)14-11-13(4-2)18-15-16-12-17-21(14)15/h1,11-12H,4-10H2,2H3. The summed E-state index contributed by atoms with van der Waals surface area (Å²) in [6.07, 6.45) is 8.62. The number of piperazine rings is 1. The lowest BCUT2D eigenvalue weighted by molar-refractivity contribution is 0.263. The van der Waals surface area contributed by atoms with E-state index in [0.717, 1.165) is 57.1 Å². The summed E-state index contributed by atoms with van der Waals surface area (Å²) in [5, 5.41) is 4.30. The van der Waals surface area contributed by atoms with Crippen LogP contribution in [0.2, 0.25) is 0 Å². The lowest BCUT2D eigenvalue weighted by Gasteiger charge is -2.35. The van der Waals surface area contributed by atoms with Gasteiger partial charge in [0, 0.05) is 50.9 Å². The smallest absolute Gasteiger partial charge is 0.254 e. The van der Waals surface area contributed by atoms with Crippen molar-refractivity contribution in [1.29, 1.82) is 0 Å². The Hall–Kier alpha value is -2.13. The molecule has 2 aromatic rings. The van der Waals surface area contributed by atoms with Gasteiger partial charge in [-0.15, -0.1) is 12.3 Å². The zero-order chi connectivity index (χ0) is 14.7. The van der Waals surface area contributed by atoms with E-state index in [4.69, 9.17) is 6.42 Å². The van der Waals surface area contributed by atoms with E-state index in [2.05, 4.69) is 43.8 Å². The van der Waals surface area contributed by atoms with Crippen LogP contribution in [0.1, 0.15) is 19.0 Å². The fourth-order valence-electron chi connectivity index (χ4n) is 2.67. The molecule has 6 nitrogen and oxygen atoms in total. The molecule has 0 bridgehead atoms. The average Bonchev–Trinajstić information content (AvgIpc) is 3.01. The maximum absolute atomic E-state index is 5.33. The van der Waals surface area contributed by atoms with Gasteiger partial charge in [0.25, 0.3) is 5.78 Å². The molecule has 0 spiro atoms. The van der Waals surface area contributed by atoms with Crippen molar-refractivity contribution in [2.45, 2.75) is 19.8 Å². The van der Waals surface area contributed by atoms with E-state index in [-0.39, 0.29) is 0 Å². The van der Waals surface area contributed by atoms with Crippen LogP contribution >= 0.6 is 0 Å². The minimum absolute atomic E-state index is 0.680. The van der Waals surface area contributed by atoms with Gasteiger partial charge < -0.3 is 4.90 Å². The Morgan fingerprint density at radius 3 is 2.81 bits per heavy atom. The van der Waals surface area contributed by atoms with Crippen molar-refractivity contribution in [3.8, 4) is 12.3 Å². The van der Waals surface area contributed by atoms with E-state index < -0.39 is 0 Å².